The summed E-state index contributed by atoms with van der Waals surface area (Å²) in [6.07, 6.45) is 5.85. The van der Waals surface area contributed by atoms with Crippen molar-refractivity contribution in [2.75, 3.05) is 5.33 Å². The van der Waals surface area contributed by atoms with Gasteiger partial charge in [0.15, 0.2) is 0 Å². The molecule has 0 bridgehead atoms. The first-order valence-corrected chi connectivity index (χ1v) is 5.52. The lowest BCUT2D eigenvalue weighted by molar-refractivity contribution is 0.570. The zero-order valence-electron chi connectivity index (χ0n) is 7.26. The molecule has 0 radical (unpaired) electrons. The number of halogens is 1. The van der Waals surface area contributed by atoms with E-state index in [0.717, 1.165) is 5.33 Å². The van der Waals surface area contributed by atoms with Crippen LogP contribution >= 0.6 is 15.9 Å². The SMILES string of the molecule is Cn1ncc2c1CCCC2CBr. The Labute approximate surface area is 81.1 Å². The van der Waals surface area contributed by atoms with Crippen LogP contribution in [0, 0.1) is 0 Å². The number of rotatable bonds is 1. The maximum atomic E-state index is 4.29. The quantitative estimate of drug-likeness (QED) is 0.675. The van der Waals surface area contributed by atoms with Crippen LogP contribution < -0.4 is 0 Å². The van der Waals surface area contributed by atoms with Gasteiger partial charge in [-0.3, -0.25) is 4.68 Å². The Morgan fingerprint density at radius 2 is 2.58 bits per heavy atom. The second-order valence-electron chi connectivity index (χ2n) is 3.41. The first kappa shape index (κ1) is 8.30. The Kier molecular flexibility index (Phi) is 2.22. The van der Waals surface area contributed by atoms with Crippen LogP contribution in [0.2, 0.25) is 0 Å². The van der Waals surface area contributed by atoms with Crippen LogP contribution in [0.15, 0.2) is 6.20 Å². The molecular formula is C9H13BrN2. The van der Waals surface area contributed by atoms with Crippen LogP contribution in [0.5, 0.6) is 0 Å². The van der Waals surface area contributed by atoms with Crippen molar-refractivity contribution in [3.8, 4) is 0 Å². The van der Waals surface area contributed by atoms with Gasteiger partial charge in [0.2, 0.25) is 0 Å². The van der Waals surface area contributed by atoms with E-state index in [4.69, 9.17) is 0 Å². The number of nitrogens with zero attached hydrogens (tertiary/aromatic N) is 2. The summed E-state index contributed by atoms with van der Waals surface area (Å²) < 4.78 is 2.02. The molecule has 0 saturated carbocycles. The highest BCUT2D eigenvalue weighted by atomic mass is 79.9. The molecule has 1 heterocycles. The maximum absolute atomic E-state index is 4.29. The highest BCUT2D eigenvalue weighted by Gasteiger charge is 2.21. The molecule has 0 fully saturated rings. The molecule has 12 heavy (non-hydrogen) atoms. The normalized spacial score (nSPS) is 22.3. The summed E-state index contributed by atoms with van der Waals surface area (Å²) in [5.41, 5.74) is 2.89. The molecule has 0 aliphatic heterocycles. The predicted octanol–water partition coefficient (Wildman–Crippen LogP) is 2.23. The number of fused-ring (bicyclic) bond motifs is 1. The van der Waals surface area contributed by atoms with Crippen molar-refractivity contribution in [3.63, 3.8) is 0 Å². The Morgan fingerprint density at radius 3 is 3.33 bits per heavy atom. The largest absolute Gasteiger partial charge is 0.272 e. The van der Waals surface area contributed by atoms with Gasteiger partial charge in [0.25, 0.3) is 0 Å². The molecule has 1 aliphatic rings. The maximum Gasteiger partial charge on any atom is 0.0527 e. The molecule has 1 aliphatic carbocycles. The second kappa shape index (κ2) is 3.21. The molecule has 0 amide bonds. The first-order valence-electron chi connectivity index (χ1n) is 4.39. The van der Waals surface area contributed by atoms with Crippen molar-refractivity contribution in [2.45, 2.75) is 25.2 Å². The Hall–Kier alpha value is -0.310. The van der Waals surface area contributed by atoms with E-state index in [2.05, 4.69) is 21.0 Å². The summed E-state index contributed by atoms with van der Waals surface area (Å²) in [6, 6.07) is 0. The molecule has 0 N–H and O–H groups in total. The van der Waals surface area contributed by atoms with Crippen LogP contribution in [-0.2, 0) is 13.5 Å². The molecule has 1 unspecified atom stereocenters. The van der Waals surface area contributed by atoms with Gasteiger partial charge >= 0.3 is 0 Å². The van der Waals surface area contributed by atoms with Gasteiger partial charge < -0.3 is 0 Å². The average Bonchev–Trinajstić information content (AvgIpc) is 2.48. The highest BCUT2D eigenvalue weighted by Crippen LogP contribution is 2.32. The minimum Gasteiger partial charge on any atom is -0.272 e. The van der Waals surface area contributed by atoms with Crippen LogP contribution in [0.25, 0.3) is 0 Å². The minimum atomic E-state index is 0.697. The summed E-state index contributed by atoms with van der Waals surface area (Å²) in [4.78, 5) is 0. The van der Waals surface area contributed by atoms with Gasteiger partial charge in [-0.15, -0.1) is 0 Å². The van der Waals surface area contributed by atoms with E-state index in [0.29, 0.717) is 5.92 Å². The third-order valence-corrected chi connectivity index (χ3v) is 3.47. The molecule has 3 heteroatoms. The molecule has 66 valence electrons. The third-order valence-electron chi connectivity index (χ3n) is 2.69. The van der Waals surface area contributed by atoms with E-state index in [1.807, 2.05) is 17.9 Å². The molecule has 0 saturated heterocycles. The number of hydrogen-bond acceptors (Lipinski definition) is 1. The van der Waals surface area contributed by atoms with Gasteiger partial charge in [-0.2, -0.15) is 5.10 Å². The van der Waals surface area contributed by atoms with E-state index < -0.39 is 0 Å². The zero-order chi connectivity index (χ0) is 8.55. The average molecular weight is 229 g/mol. The number of aryl methyl sites for hydroxylation is 1. The molecule has 1 aromatic heterocycles. The lowest BCUT2D eigenvalue weighted by atomic mass is 9.89. The van der Waals surface area contributed by atoms with Crippen LogP contribution in [0.4, 0.5) is 0 Å². The minimum absolute atomic E-state index is 0.697. The topological polar surface area (TPSA) is 17.8 Å². The molecule has 1 atom stereocenters. The highest BCUT2D eigenvalue weighted by molar-refractivity contribution is 9.09. The van der Waals surface area contributed by atoms with E-state index in [1.54, 1.807) is 0 Å². The fourth-order valence-electron chi connectivity index (χ4n) is 1.96. The Bertz CT molecular complexity index is 280. The molecule has 1 aromatic rings. The molecular weight excluding hydrogens is 216 g/mol. The van der Waals surface area contributed by atoms with E-state index in [9.17, 15) is 0 Å². The summed E-state index contributed by atoms with van der Waals surface area (Å²) in [5.74, 6) is 0.697. The van der Waals surface area contributed by atoms with Crippen molar-refractivity contribution in [3.05, 3.63) is 17.5 Å². The summed E-state index contributed by atoms with van der Waals surface area (Å²) in [6.45, 7) is 0. The smallest absolute Gasteiger partial charge is 0.0527 e. The number of aromatic nitrogens is 2. The Balaban J connectivity index is 2.38. The van der Waals surface area contributed by atoms with Crippen molar-refractivity contribution in [1.82, 2.24) is 9.78 Å². The molecule has 0 aromatic carbocycles. The lowest BCUT2D eigenvalue weighted by Crippen LogP contribution is -2.11. The molecule has 2 nitrogen and oxygen atoms in total. The number of hydrogen-bond donors (Lipinski definition) is 0. The fourth-order valence-corrected chi connectivity index (χ4v) is 2.63. The first-order chi connectivity index (χ1) is 5.83. The van der Waals surface area contributed by atoms with Gasteiger partial charge in [0.1, 0.15) is 0 Å². The van der Waals surface area contributed by atoms with Gasteiger partial charge in [0.05, 0.1) is 6.20 Å². The third kappa shape index (κ3) is 1.20. The predicted molar refractivity (Wildman–Crippen MR) is 52.7 cm³/mol. The van der Waals surface area contributed by atoms with Crippen molar-refractivity contribution >= 4 is 15.9 Å². The summed E-state index contributed by atoms with van der Waals surface area (Å²) in [5, 5.41) is 5.37. The van der Waals surface area contributed by atoms with E-state index >= 15 is 0 Å². The van der Waals surface area contributed by atoms with Gasteiger partial charge in [-0.1, -0.05) is 15.9 Å². The monoisotopic (exact) mass is 228 g/mol. The van der Waals surface area contributed by atoms with E-state index in [-0.39, 0.29) is 0 Å². The van der Waals surface area contributed by atoms with Crippen molar-refractivity contribution < 1.29 is 0 Å². The standard InChI is InChI=1S/C9H13BrN2/c1-12-9-4-2-3-7(5-10)8(9)6-11-12/h6-7H,2-5H2,1H3. The zero-order valence-corrected chi connectivity index (χ0v) is 8.84. The van der Waals surface area contributed by atoms with Crippen LogP contribution in [-0.4, -0.2) is 15.1 Å². The van der Waals surface area contributed by atoms with Crippen LogP contribution in [0.1, 0.15) is 30.0 Å². The summed E-state index contributed by atoms with van der Waals surface area (Å²) in [7, 11) is 2.04. The summed E-state index contributed by atoms with van der Waals surface area (Å²) >= 11 is 3.55. The number of alkyl halides is 1. The second-order valence-corrected chi connectivity index (χ2v) is 4.06. The van der Waals surface area contributed by atoms with Crippen LogP contribution in [0.3, 0.4) is 0 Å². The van der Waals surface area contributed by atoms with Gasteiger partial charge in [0, 0.05) is 18.1 Å². The van der Waals surface area contributed by atoms with E-state index in [1.165, 1.54) is 30.5 Å². The van der Waals surface area contributed by atoms with Crippen molar-refractivity contribution in [2.24, 2.45) is 7.05 Å². The Morgan fingerprint density at radius 1 is 1.75 bits per heavy atom. The van der Waals surface area contributed by atoms with Gasteiger partial charge in [-0.25, -0.2) is 0 Å². The fraction of sp³-hybridized carbons (Fsp3) is 0.667. The molecule has 2 rings (SSSR count). The molecule has 0 spiro atoms. The lowest BCUT2D eigenvalue weighted by Gasteiger charge is -2.20. The van der Waals surface area contributed by atoms with Crippen molar-refractivity contribution in [1.29, 1.82) is 0 Å². The van der Waals surface area contributed by atoms with Gasteiger partial charge in [-0.05, 0) is 30.7 Å².